The Morgan fingerprint density at radius 2 is 2.36 bits per heavy atom. The SMILES string of the molecule is Clc1cc2sc(Br)nc2cn1. The molecule has 5 heteroatoms. The molecule has 2 aromatic rings. The van der Waals surface area contributed by atoms with Crippen molar-refractivity contribution in [3.63, 3.8) is 0 Å². The van der Waals surface area contributed by atoms with E-state index in [0.717, 1.165) is 14.1 Å². The Balaban J connectivity index is 2.82. The molecule has 2 nitrogen and oxygen atoms in total. The van der Waals surface area contributed by atoms with Crippen LogP contribution in [-0.4, -0.2) is 9.97 Å². The van der Waals surface area contributed by atoms with Crippen molar-refractivity contribution >= 4 is 49.1 Å². The van der Waals surface area contributed by atoms with Gasteiger partial charge in [0.15, 0.2) is 3.92 Å². The fraction of sp³-hybridized carbons (Fsp3) is 0. The third-order valence-electron chi connectivity index (χ3n) is 1.22. The highest BCUT2D eigenvalue weighted by molar-refractivity contribution is 9.11. The minimum atomic E-state index is 0.508. The molecule has 2 rings (SSSR count). The van der Waals surface area contributed by atoms with Gasteiger partial charge in [-0.25, -0.2) is 9.97 Å². The molecule has 0 atom stereocenters. The molecule has 0 spiro atoms. The molecule has 0 radical (unpaired) electrons. The van der Waals surface area contributed by atoms with Crippen molar-refractivity contribution < 1.29 is 0 Å². The van der Waals surface area contributed by atoms with Crippen molar-refractivity contribution in [2.24, 2.45) is 0 Å². The minimum absolute atomic E-state index is 0.508. The highest BCUT2D eigenvalue weighted by atomic mass is 79.9. The molecule has 2 aromatic heterocycles. The number of pyridine rings is 1. The van der Waals surface area contributed by atoms with E-state index in [1.165, 1.54) is 0 Å². The Labute approximate surface area is 80.4 Å². The molecule has 0 aliphatic heterocycles. The first-order valence-electron chi connectivity index (χ1n) is 2.83. The Kier molecular flexibility index (Phi) is 1.83. The lowest BCUT2D eigenvalue weighted by Gasteiger charge is -1.85. The highest BCUT2D eigenvalue weighted by Gasteiger charge is 2.01. The van der Waals surface area contributed by atoms with Crippen LogP contribution in [0.5, 0.6) is 0 Å². The van der Waals surface area contributed by atoms with Gasteiger partial charge in [0.1, 0.15) is 10.7 Å². The van der Waals surface area contributed by atoms with Gasteiger partial charge in [-0.15, -0.1) is 11.3 Å². The normalized spacial score (nSPS) is 10.7. The largest absolute Gasteiger partial charge is 0.242 e. The second-order valence-electron chi connectivity index (χ2n) is 1.94. The number of hydrogen-bond donors (Lipinski definition) is 0. The first-order chi connectivity index (χ1) is 5.25. The predicted molar refractivity (Wildman–Crippen MR) is 50.1 cm³/mol. The second kappa shape index (κ2) is 2.69. The molecule has 0 amide bonds. The Hall–Kier alpha value is -0.190. The summed E-state index contributed by atoms with van der Waals surface area (Å²) in [7, 11) is 0. The fourth-order valence-corrected chi connectivity index (χ4v) is 2.42. The van der Waals surface area contributed by atoms with Crippen LogP contribution in [0.15, 0.2) is 16.2 Å². The Morgan fingerprint density at radius 3 is 3.18 bits per heavy atom. The van der Waals surface area contributed by atoms with Crippen LogP contribution in [0.3, 0.4) is 0 Å². The van der Waals surface area contributed by atoms with Crippen LogP contribution in [0, 0.1) is 0 Å². The first-order valence-corrected chi connectivity index (χ1v) is 4.82. The summed E-state index contributed by atoms with van der Waals surface area (Å²) in [4.78, 5) is 8.08. The van der Waals surface area contributed by atoms with Gasteiger partial charge in [0, 0.05) is 0 Å². The van der Waals surface area contributed by atoms with Crippen molar-refractivity contribution in [2.45, 2.75) is 0 Å². The lowest BCUT2D eigenvalue weighted by atomic mass is 10.5. The average molecular weight is 250 g/mol. The number of aromatic nitrogens is 2. The van der Waals surface area contributed by atoms with Crippen LogP contribution in [-0.2, 0) is 0 Å². The third-order valence-corrected chi connectivity index (χ3v) is 2.89. The Morgan fingerprint density at radius 1 is 1.55 bits per heavy atom. The van der Waals surface area contributed by atoms with Crippen molar-refractivity contribution in [2.75, 3.05) is 0 Å². The van der Waals surface area contributed by atoms with Crippen molar-refractivity contribution in [3.05, 3.63) is 21.3 Å². The summed E-state index contributed by atoms with van der Waals surface area (Å²) >= 11 is 10.5. The molecular formula is C6H2BrClN2S. The standard InChI is InChI=1S/C6H2BrClN2S/c7-6-10-3-2-9-5(8)1-4(3)11-6/h1-2H. The predicted octanol–water partition coefficient (Wildman–Crippen LogP) is 3.11. The van der Waals surface area contributed by atoms with E-state index in [9.17, 15) is 0 Å². The topological polar surface area (TPSA) is 25.8 Å². The lowest BCUT2D eigenvalue weighted by molar-refractivity contribution is 1.33. The van der Waals surface area contributed by atoms with E-state index >= 15 is 0 Å². The molecule has 0 N–H and O–H groups in total. The Bertz CT molecular complexity index is 400. The first kappa shape index (κ1) is 7.46. The van der Waals surface area contributed by atoms with E-state index in [4.69, 9.17) is 11.6 Å². The smallest absolute Gasteiger partial charge is 0.160 e. The molecule has 11 heavy (non-hydrogen) atoms. The van der Waals surface area contributed by atoms with Gasteiger partial charge in [-0.05, 0) is 22.0 Å². The molecule has 0 saturated heterocycles. The summed E-state index contributed by atoms with van der Waals surface area (Å²) in [6.45, 7) is 0. The van der Waals surface area contributed by atoms with Crippen molar-refractivity contribution in [1.82, 2.24) is 9.97 Å². The van der Waals surface area contributed by atoms with E-state index < -0.39 is 0 Å². The minimum Gasteiger partial charge on any atom is -0.242 e. The van der Waals surface area contributed by atoms with Crippen molar-refractivity contribution in [3.8, 4) is 0 Å². The van der Waals surface area contributed by atoms with Crippen LogP contribution >= 0.6 is 38.9 Å². The molecule has 0 saturated carbocycles. The van der Waals surface area contributed by atoms with Gasteiger partial charge in [-0.1, -0.05) is 11.6 Å². The maximum atomic E-state index is 5.68. The molecule has 0 bridgehead atoms. The van der Waals surface area contributed by atoms with Crippen LogP contribution in [0.4, 0.5) is 0 Å². The molecular weight excluding hydrogens is 248 g/mol. The average Bonchev–Trinajstić information content (AvgIpc) is 2.27. The van der Waals surface area contributed by atoms with E-state index in [2.05, 4.69) is 25.9 Å². The molecule has 0 fully saturated rings. The zero-order valence-electron chi connectivity index (χ0n) is 5.21. The number of thiazole rings is 1. The molecule has 0 aliphatic rings. The number of hydrogen-bond acceptors (Lipinski definition) is 3. The summed E-state index contributed by atoms with van der Waals surface area (Å²) in [5, 5.41) is 0.508. The number of halogens is 2. The van der Waals surface area contributed by atoms with Gasteiger partial charge in [-0.3, -0.25) is 0 Å². The van der Waals surface area contributed by atoms with Crippen molar-refractivity contribution in [1.29, 1.82) is 0 Å². The van der Waals surface area contributed by atoms with Gasteiger partial charge in [0.25, 0.3) is 0 Å². The fourth-order valence-electron chi connectivity index (χ4n) is 0.780. The number of fused-ring (bicyclic) bond motifs is 1. The lowest BCUT2D eigenvalue weighted by Crippen LogP contribution is -1.72. The maximum Gasteiger partial charge on any atom is 0.160 e. The van der Waals surface area contributed by atoms with E-state index in [1.54, 1.807) is 23.6 Å². The highest BCUT2D eigenvalue weighted by Crippen LogP contribution is 2.26. The molecule has 0 aliphatic carbocycles. The van der Waals surface area contributed by atoms with E-state index in [0.29, 0.717) is 5.15 Å². The zero-order chi connectivity index (χ0) is 7.84. The molecule has 2 heterocycles. The van der Waals surface area contributed by atoms with Crippen LogP contribution < -0.4 is 0 Å². The second-order valence-corrected chi connectivity index (χ2v) is 4.64. The summed E-state index contributed by atoms with van der Waals surface area (Å²) in [6, 6.07) is 1.80. The van der Waals surface area contributed by atoms with Gasteiger partial charge < -0.3 is 0 Å². The van der Waals surface area contributed by atoms with E-state index in [-0.39, 0.29) is 0 Å². The third kappa shape index (κ3) is 1.38. The molecule has 56 valence electrons. The maximum absolute atomic E-state index is 5.68. The van der Waals surface area contributed by atoms with Gasteiger partial charge in [0.2, 0.25) is 0 Å². The molecule has 0 unspecified atom stereocenters. The monoisotopic (exact) mass is 248 g/mol. The quantitative estimate of drug-likeness (QED) is 0.671. The van der Waals surface area contributed by atoms with E-state index in [1.807, 2.05) is 0 Å². The van der Waals surface area contributed by atoms with Gasteiger partial charge >= 0.3 is 0 Å². The van der Waals surface area contributed by atoms with Crippen LogP contribution in [0.2, 0.25) is 5.15 Å². The summed E-state index contributed by atoms with van der Waals surface area (Å²) in [6.07, 6.45) is 1.67. The summed E-state index contributed by atoms with van der Waals surface area (Å²) in [5.41, 5.74) is 0.881. The molecule has 0 aromatic carbocycles. The van der Waals surface area contributed by atoms with Crippen LogP contribution in [0.25, 0.3) is 10.2 Å². The zero-order valence-corrected chi connectivity index (χ0v) is 8.37. The number of nitrogens with zero attached hydrogens (tertiary/aromatic N) is 2. The van der Waals surface area contributed by atoms with Gasteiger partial charge in [0.05, 0.1) is 10.9 Å². The van der Waals surface area contributed by atoms with Crippen LogP contribution in [0.1, 0.15) is 0 Å². The summed E-state index contributed by atoms with van der Waals surface area (Å²) in [5.74, 6) is 0. The number of rotatable bonds is 0. The summed E-state index contributed by atoms with van der Waals surface area (Å²) < 4.78 is 1.91. The van der Waals surface area contributed by atoms with Gasteiger partial charge in [-0.2, -0.15) is 0 Å².